The second-order valence-electron chi connectivity index (χ2n) is 8.61. The van der Waals surface area contributed by atoms with Gasteiger partial charge < -0.3 is 19.7 Å². The number of hydrogen-bond donors (Lipinski definition) is 1. The maximum absolute atomic E-state index is 13.2. The summed E-state index contributed by atoms with van der Waals surface area (Å²) in [5, 5.41) is 2.98. The molecule has 2 aromatic carbocycles. The molecule has 1 aliphatic rings. The smallest absolute Gasteiger partial charge is 0.242 e. The largest absolute Gasteiger partial charge is 0.454 e. The summed E-state index contributed by atoms with van der Waals surface area (Å²) in [5.74, 6) is 1.21. The number of ether oxygens (including phenoxy) is 2. The van der Waals surface area contributed by atoms with Crippen molar-refractivity contribution in [1.29, 1.82) is 0 Å². The average molecular weight is 411 g/mol. The van der Waals surface area contributed by atoms with E-state index < -0.39 is 6.04 Å². The van der Waals surface area contributed by atoms with Crippen LogP contribution in [0.5, 0.6) is 11.5 Å². The highest BCUT2D eigenvalue weighted by Crippen LogP contribution is 2.32. The van der Waals surface area contributed by atoms with Gasteiger partial charge >= 0.3 is 0 Å². The van der Waals surface area contributed by atoms with Gasteiger partial charge in [-0.15, -0.1) is 0 Å². The maximum atomic E-state index is 13.2. The van der Waals surface area contributed by atoms with Crippen LogP contribution in [0.2, 0.25) is 0 Å². The molecule has 1 N–H and O–H groups in total. The molecule has 2 aromatic rings. The summed E-state index contributed by atoms with van der Waals surface area (Å²) in [6, 6.07) is 14.9. The molecule has 0 fully saturated rings. The average Bonchev–Trinajstić information content (AvgIpc) is 3.17. The van der Waals surface area contributed by atoms with E-state index in [1.54, 1.807) is 11.8 Å². The monoisotopic (exact) mass is 410 g/mol. The molecular formula is C24H30N2O4. The summed E-state index contributed by atoms with van der Waals surface area (Å²) in [7, 11) is 0. The highest BCUT2D eigenvalue weighted by Gasteiger charge is 2.28. The highest BCUT2D eigenvalue weighted by molar-refractivity contribution is 5.87. The lowest BCUT2D eigenvalue weighted by Gasteiger charge is -2.31. The molecule has 0 saturated heterocycles. The predicted molar refractivity (Wildman–Crippen MR) is 115 cm³/mol. The lowest BCUT2D eigenvalue weighted by molar-refractivity contribution is -0.141. The summed E-state index contributed by atoms with van der Waals surface area (Å²) in [6.45, 7) is 8.19. The lowest BCUT2D eigenvalue weighted by atomic mass is 10.1. The zero-order valence-electron chi connectivity index (χ0n) is 18.1. The molecule has 0 bridgehead atoms. The fraction of sp³-hybridized carbons (Fsp3) is 0.417. The lowest BCUT2D eigenvalue weighted by Crippen LogP contribution is -2.52. The Morgan fingerprint density at radius 1 is 1.03 bits per heavy atom. The van der Waals surface area contributed by atoms with Crippen LogP contribution >= 0.6 is 0 Å². The molecule has 6 heteroatoms. The summed E-state index contributed by atoms with van der Waals surface area (Å²) >= 11 is 0. The first kappa shape index (κ1) is 21.7. The predicted octanol–water partition coefficient (Wildman–Crippen LogP) is 3.68. The minimum atomic E-state index is -0.575. The Kier molecular flexibility index (Phi) is 6.65. The van der Waals surface area contributed by atoms with E-state index in [4.69, 9.17) is 9.47 Å². The first-order valence-corrected chi connectivity index (χ1v) is 10.3. The number of hydrogen-bond acceptors (Lipinski definition) is 4. The van der Waals surface area contributed by atoms with Gasteiger partial charge in [-0.3, -0.25) is 9.59 Å². The Hall–Kier alpha value is -3.02. The van der Waals surface area contributed by atoms with E-state index in [2.05, 4.69) is 5.32 Å². The van der Waals surface area contributed by atoms with Crippen LogP contribution in [-0.4, -0.2) is 35.1 Å². The standard InChI is InChI=1S/C24H30N2O4/c1-17(23(28)25-24(2,3)4)26(15-19-8-6-5-7-9-19)22(27)13-11-18-10-12-20-21(14-18)30-16-29-20/h5-10,12,14,17H,11,13,15-16H2,1-4H3,(H,25,28)/t17-/m1/s1. The normalized spacial score (nSPS) is 13.6. The molecule has 1 heterocycles. The van der Waals surface area contributed by atoms with Gasteiger partial charge in [-0.2, -0.15) is 0 Å². The van der Waals surface area contributed by atoms with Crippen LogP contribution in [0.3, 0.4) is 0 Å². The molecule has 0 aromatic heterocycles. The van der Waals surface area contributed by atoms with Gasteiger partial charge in [-0.05, 0) is 57.4 Å². The Balaban J connectivity index is 1.71. The molecule has 30 heavy (non-hydrogen) atoms. The number of amides is 2. The number of aryl methyl sites for hydroxylation is 1. The second kappa shape index (κ2) is 9.20. The number of carbonyl (C=O) groups is 2. The molecule has 0 unspecified atom stereocenters. The first-order valence-electron chi connectivity index (χ1n) is 10.3. The first-order chi connectivity index (χ1) is 14.2. The van der Waals surface area contributed by atoms with E-state index in [1.165, 1.54) is 0 Å². The Morgan fingerprint density at radius 3 is 2.43 bits per heavy atom. The van der Waals surface area contributed by atoms with Crippen LogP contribution in [0.4, 0.5) is 0 Å². The number of rotatable bonds is 7. The van der Waals surface area contributed by atoms with Crippen LogP contribution in [0, 0.1) is 0 Å². The van der Waals surface area contributed by atoms with Crippen molar-refractivity contribution >= 4 is 11.8 Å². The van der Waals surface area contributed by atoms with Crippen molar-refractivity contribution in [3.63, 3.8) is 0 Å². The van der Waals surface area contributed by atoms with E-state index in [1.807, 2.05) is 69.3 Å². The third-order valence-corrected chi connectivity index (χ3v) is 4.93. The van der Waals surface area contributed by atoms with Crippen molar-refractivity contribution in [1.82, 2.24) is 10.2 Å². The van der Waals surface area contributed by atoms with E-state index in [-0.39, 0.29) is 24.1 Å². The van der Waals surface area contributed by atoms with Crippen molar-refractivity contribution in [2.45, 2.75) is 58.7 Å². The van der Waals surface area contributed by atoms with Gasteiger partial charge in [0.1, 0.15) is 6.04 Å². The molecule has 1 atom stereocenters. The van der Waals surface area contributed by atoms with Crippen LogP contribution in [-0.2, 0) is 22.6 Å². The Bertz CT molecular complexity index is 890. The molecule has 0 aliphatic carbocycles. The van der Waals surface area contributed by atoms with E-state index in [0.717, 1.165) is 16.9 Å². The molecule has 3 rings (SSSR count). The van der Waals surface area contributed by atoms with Gasteiger partial charge in [0.2, 0.25) is 18.6 Å². The highest BCUT2D eigenvalue weighted by atomic mass is 16.7. The van der Waals surface area contributed by atoms with Gasteiger partial charge in [-0.1, -0.05) is 36.4 Å². The van der Waals surface area contributed by atoms with Crippen LogP contribution in [0.25, 0.3) is 0 Å². The zero-order valence-corrected chi connectivity index (χ0v) is 18.1. The van der Waals surface area contributed by atoms with Crippen molar-refractivity contribution in [2.75, 3.05) is 6.79 Å². The second-order valence-corrected chi connectivity index (χ2v) is 8.61. The molecule has 6 nitrogen and oxygen atoms in total. The van der Waals surface area contributed by atoms with Crippen LogP contribution in [0.1, 0.15) is 45.2 Å². The Labute approximate surface area is 178 Å². The summed E-state index contributed by atoms with van der Waals surface area (Å²) in [5.41, 5.74) is 1.63. The van der Waals surface area contributed by atoms with E-state index >= 15 is 0 Å². The molecule has 0 radical (unpaired) electrons. The third-order valence-electron chi connectivity index (χ3n) is 4.93. The van der Waals surface area contributed by atoms with Gasteiger partial charge in [0.25, 0.3) is 0 Å². The van der Waals surface area contributed by atoms with Crippen LogP contribution < -0.4 is 14.8 Å². The SMILES string of the molecule is C[C@H](C(=O)NC(C)(C)C)N(Cc1ccccc1)C(=O)CCc1ccc2c(c1)OCO2. The Morgan fingerprint density at radius 2 is 1.73 bits per heavy atom. The topological polar surface area (TPSA) is 67.9 Å². The molecule has 1 aliphatic heterocycles. The molecule has 0 saturated carbocycles. The quantitative estimate of drug-likeness (QED) is 0.756. The number of nitrogens with one attached hydrogen (secondary N) is 1. The molecular weight excluding hydrogens is 380 g/mol. The number of benzene rings is 2. The fourth-order valence-electron chi connectivity index (χ4n) is 3.33. The molecule has 160 valence electrons. The number of fused-ring (bicyclic) bond motifs is 1. The van der Waals surface area contributed by atoms with E-state index in [0.29, 0.717) is 25.1 Å². The minimum absolute atomic E-state index is 0.0620. The summed E-state index contributed by atoms with van der Waals surface area (Å²) in [4.78, 5) is 27.6. The summed E-state index contributed by atoms with van der Waals surface area (Å²) < 4.78 is 10.8. The van der Waals surface area contributed by atoms with Crippen molar-refractivity contribution in [3.05, 3.63) is 59.7 Å². The zero-order chi connectivity index (χ0) is 21.7. The van der Waals surface area contributed by atoms with Gasteiger partial charge in [-0.25, -0.2) is 0 Å². The molecule has 2 amide bonds. The number of carbonyl (C=O) groups excluding carboxylic acids is 2. The van der Waals surface area contributed by atoms with Gasteiger partial charge in [0.15, 0.2) is 11.5 Å². The number of nitrogens with zero attached hydrogens (tertiary/aromatic N) is 1. The maximum Gasteiger partial charge on any atom is 0.242 e. The van der Waals surface area contributed by atoms with Crippen LogP contribution in [0.15, 0.2) is 48.5 Å². The van der Waals surface area contributed by atoms with Gasteiger partial charge in [0.05, 0.1) is 0 Å². The van der Waals surface area contributed by atoms with Gasteiger partial charge in [0, 0.05) is 18.5 Å². The van der Waals surface area contributed by atoms with Crippen molar-refractivity contribution in [2.24, 2.45) is 0 Å². The van der Waals surface area contributed by atoms with Crippen molar-refractivity contribution < 1.29 is 19.1 Å². The minimum Gasteiger partial charge on any atom is -0.454 e. The summed E-state index contributed by atoms with van der Waals surface area (Å²) in [6.07, 6.45) is 0.869. The van der Waals surface area contributed by atoms with E-state index in [9.17, 15) is 9.59 Å². The third kappa shape index (κ3) is 5.75. The van der Waals surface area contributed by atoms with Crippen molar-refractivity contribution in [3.8, 4) is 11.5 Å². The molecule has 0 spiro atoms. The fourth-order valence-corrected chi connectivity index (χ4v) is 3.33.